The van der Waals surface area contributed by atoms with Gasteiger partial charge in [0.15, 0.2) is 11.5 Å². The van der Waals surface area contributed by atoms with E-state index in [0.29, 0.717) is 6.54 Å². The Morgan fingerprint density at radius 2 is 1.82 bits per heavy atom. The van der Waals surface area contributed by atoms with E-state index in [1.54, 1.807) is 14.2 Å². The van der Waals surface area contributed by atoms with Crippen LogP contribution in [0.2, 0.25) is 0 Å². The Labute approximate surface area is 167 Å². The summed E-state index contributed by atoms with van der Waals surface area (Å²) in [4.78, 5) is 16.3. The van der Waals surface area contributed by atoms with Crippen LogP contribution in [0.1, 0.15) is 24.0 Å². The fourth-order valence-electron chi connectivity index (χ4n) is 4.05. The number of nitrogens with one attached hydrogen (secondary N) is 1. The highest BCUT2D eigenvalue weighted by molar-refractivity contribution is 5.78. The van der Waals surface area contributed by atoms with Crippen LogP contribution in [0.3, 0.4) is 0 Å². The number of nitrogens with zero attached hydrogens (tertiary/aromatic N) is 1. The molecule has 2 aromatic carbocycles. The van der Waals surface area contributed by atoms with Gasteiger partial charge in [-0.1, -0.05) is 30.3 Å². The molecule has 0 aromatic heterocycles. The van der Waals surface area contributed by atoms with Crippen LogP contribution in [0.25, 0.3) is 0 Å². The average Bonchev–Trinajstić information content (AvgIpc) is 2.74. The number of ether oxygens (including phenoxy) is 2. The fourth-order valence-corrected chi connectivity index (χ4v) is 4.05. The van der Waals surface area contributed by atoms with Gasteiger partial charge in [-0.05, 0) is 36.6 Å². The molecule has 1 saturated heterocycles. The first-order valence-electron chi connectivity index (χ1n) is 9.94. The molecule has 2 unspecified atom stereocenters. The molecule has 1 N–H and O–H groups in total. The molecule has 1 aliphatic heterocycles. The lowest BCUT2D eigenvalue weighted by Crippen LogP contribution is -3.12. The number of amides is 1. The van der Waals surface area contributed by atoms with Crippen molar-refractivity contribution in [2.45, 2.75) is 25.9 Å². The van der Waals surface area contributed by atoms with Crippen molar-refractivity contribution in [2.75, 3.05) is 34.4 Å². The van der Waals surface area contributed by atoms with E-state index in [9.17, 15) is 4.79 Å². The second-order valence-electron chi connectivity index (χ2n) is 7.59. The zero-order valence-corrected chi connectivity index (χ0v) is 17.1. The summed E-state index contributed by atoms with van der Waals surface area (Å²) in [6.45, 7) is 3.54. The Morgan fingerprint density at radius 3 is 2.54 bits per heavy atom. The maximum atomic E-state index is 13.0. The highest BCUT2D eigenvalue weighted by atomic mass is 16.5. The third-order valence-electron chi connectivity index (χ3n) is 5.51. The van der Waals surface area contributed by atoms with Crippen LogP contribution in [0.15, 0.2) is 48.5 Å². The third kappa shape index (κ3) is 5.04. The van der Waals surface area contributed by atoms with Gasteiger partial charge in [0.25, 0.3) is 0 Å². The van der Waals surface area contributed by atoms with Crippen molar-refractivity contribution in [3.63, 3.8) is 0 Å². The monoisotopic (exact) mass is 383 g/mol. The minimum atomic E-state index is 0.0950. The van der Waals surface area contributed by atoms with Gasteiger partial charge in [-0.2, -0.15) is 0 Å². The molecule has 0 aliphatic carbocycles. The summed E-state index contributed by atoms with van der Waals surface area (Å²) in [5.41, 5.74) is 2.38. The molecule has 5 heteroatoms. The summed E-state index contributed by atoms with van der Waals surface area (Å²) < 4.78 is 10.7. The number of carbonyl (C=O) groups excluding carboxylic acids is 1. The zero-order valence-electron chi connectivity index (χ0n) is 17.1. The van der Waals surface area contributed by atoms with Crippen molar-refractivity contribution >= 4 is 5.91 Å². The summed E-state index contributed by atoms with van der Waals surface area (Å²) in [7, 11) is 5.22. The normalized spacial score (nSPS) is 19.1. The lowest BCUT2D eigenvalue weighted by molar-refractivity contribution is -0.921. The van der Waals surface area contributed by atoms with Crippen LogP contribution < -0.4 is 14.4 Å². The molecule has 0 saturated carbocycles. The first-order chi connectivity index (χ1) is 13.6. The quantitative estimate of drug-likeness (QED) is 0.797. The highest BCUT2D eigenvalue weighted by Crippen LogP contribution is 2.27. The summed E-state index contributed by atoms with van der Waals surface area (Å²) in [6, 6.07) is 16.3. The van der Waals surface area contributed by atoms with E-state index >= 15 is 0 Å². The molecule has 1 heterocycles. The Morgan fingerprint density at radius 1 is 1.07 bits per heavy atom. The zero-order chi connectivity index (χ0) is 19.9. The number of quaternary nitrogens is 1. The Bertz CT molecular complexity index is 779. The molecule has 28 heavy (non-hydrogen) atoms. The molecule has 1 amide bonds. The first kappa shape index (κ1) is 20.2. The van der Waals surface area contributed by atoms with E-state index in [1.807, 2.05) is 42.3 Å². The third-order valence-corrected chi connectivity index (χ3v) is 5.51. The van der Waals surface area contributed by atoms with Crippen LogP contribution in [0.4, 0.5) is 0 Å². The molecule has 5 nitrogen and oxygen atoms in total. The molecule has 2 atom stereocenters. The van der Waals surface area contributed by atoms with Gasteiger partial charge in [0.2, 0.25) is 5.91 Å². The number of methoxy groups -OCH3 is 2. The molecule has 2 aromatic rings. The number of rotatable bonds is 7. The predicted octanol–water partition coefficient (Wildman–Crippen LogP) is 2.16. The van der Waals surface area contributed by atoms with Gasteiger partial charge in [-0.15, -0.1) is 0 Å². The van der Waals surface area contributed by atoms with E-state index in [4.69, 9.17) is 9.47 Å². The largest absolute Gasteiger partial charge is 0.493 e. The van der Waals surface area contributed by atoms with Crippen molar-refractivity contribution in [1.82, 2.24) is 4.90 Å². The number of piperidine rings is 1. The van der Waals surface area contributed by atoms with Crippen molar-refractivity contribution in [1.29, 1.82) is 0 Å². The highest BCUT2D eigenvalue weighted by Gasteiger charge is 2.30. The summed E-state index contributed by atoms with van der Waals surface area (Å²) in [6.07, 6.45) is 2.06. The van der Waals surface area contributed by atoms with Crippen molar-refractivity contribution in [3.8, 4) is 11.5 Å². The smallest absolute Gasteiger partial charge is 0.231 e. The second-order valence-corrected chi connectivity index (χ2v) is 7.59. The van der Waals surface area contributed by atoms with Gasteiger partial charge in [-0.25, -0.2) is 0 Å². The van der Waals surface area contributed by atoms with Crippen LogP contribution >= 0.6 is 0 Å². The Hall–Kier alpha value is -2.53. The van der Waals surface area contributed by atoms with Crippen LogP contribution in [-0.2, 0) is 17.9 Å². The molecular weight excluding hydrogens is 352 g/mol. The molecule has 3 rings (SSSR count). The topological polar surface area (TPSA) is 43.2 Å². The molecule has 0 radical (unpaired) electrons. The van der Waals surface area contributed by atoms with Gasteiger partial charge >= 0.3 is 0 Å². The molecule has 0 spiro atoms. The summed E-state index contributed by atoms with van der Waals surface area (Å²) >= 11 is 0. The van der Waals surface area contributed by atoms with Gasteiger partial charge in [-0.3, -0.25) is 4.79 Å². The number of likely N-dealkylation sites (tertiary alicyclic amines) is 1. The number of carbonyl (C=O) groups is 1. The van der Waals surface area contributed by atoms with E-state index < -0.39 is 0 Å². The Kier molecular flexibility index (Phi) is 6.93. The lowest BCUT2D eigenvalue weighted by Gasteiger charge is -2.31. The molecule has 1 fully saturated rings. The minimum Gasteiger partial charge on any atom is -0.493 e. The van der Waals surface area contributed by atoms with Crippen molar-refractivity contribution in [3.05, 3.63) is 59.7 Å². The van der Waals surface area contributed by atoms with Crippen LogP contribution in [0, 0.1) is 5.92 Å². The lowest BCUT2D eigenvalue weighted by atomic mass is 9.96. The first-order valence-corrected chi connectivity index (χ1v) is 9.94. The standard InChI is InChI=1S/C23H30N2O3/c1-24(15-18-8-5-4-6-9-18)23(26)20-10-7-13-25(17-20)16-19-11-12-21(27-2)22(14-19)28-3/h4-6,8-9,11-12,14,20H,7,10,13,15-17H2,1-3H3/p+1. The van der Waals surface area contributed by atoms with Crippen molar-refractivity contribution < 1.29 is 19.2 Å². The van der Waals surface area contributed by atoms with Gasteiger partial charge in [0.05, 0.1) is 33.2 Å². The number of hydrogen-bond acceptors (Lipinski definition) is 3. The van der Waals surface area contributed by atoms with Gasteiger partial charge in [0, 0.05) is 19.2 Å². The minimum absolute atomic E-state index is 0.0950. The maximum absolute atomic E-state index is 13.0. The van der Waals surface area contributed by atoms with E-state index in [2.05, 4.69) is 18.2 Å². The van der Waals surface area contributed by atoms with E-state index in [1.165, 1.54) is 16.0 Å². The summed E-state index contributed by atoms with van der Waals surface area (Å²) in [5, 5.41) is 0. The van der Waals surface area contributed by atoms with E-state index in [-0.39, 0.29) is 11.8 Å². The maximum Gasteiger partial charge on any atom is 0.231 e. The average molecular weight is 384 g/mol. The summed E-state index contributed by atoms with van der Waals surface area (Å²) in [5.74, 6) is 1.85. The molecular formula is C23H31N2O3+. The van der Waals surface area contributed by atoms with Gasteiger partial charge in [0.1, 0.15) is 6.54 Å². The van der Waals surface area contributed by atoms with Crippen LogP contribution in [0.5, 0.6) is 11.5 Å². The Balaban J connectivity index is 1.59. The predicted molar refractivity (Wildman–Crippen MR) is 110 cm³/mol. The second kappa shape index (κ2) is 9.60. The molecule has 0 bridgehead atoms. The van der Waals surface area contributed by atoms with E-state index in [0.717, 1.165) is 44.0 Å². The van der Waals surface area contributed by atoms with Crippen molar-refractivity contribution in [2.24, 2.45) is 5.92 Å². The number of benzene rings is 2. The fraction of sp³-hybridized carbons (Fsp3) is 0.435. The molecule has 1 aliphatic rings. The SMILES string of the molecule is COc1ccc(C[NH+]2CCCC(C(=O)N(C)Cc3ccccc3)C2)cc1OC. The van der Waals surface area contributed by atoms with Gasteiger partial charge < -0.3 is 19.3 Å². The molecule has 150 valence electrons. The number of hydrogen-bond donors (Lipinski definition) is 1. The van der Waals surface area contributed by atoms with Crippen LogP contribution in [-0.4, -0.2) is 45.2 Å².